The van der Waals surface area contributed by atoms with E-state index in [0.717, 1.165) is 6.07 Å². The molecule has 7 heteroatoms. The molecule has 0 heterocycles. The number of hydrogen-bond acceptors (Lipinski definition) is 4. The maximum absolute atomic E-state index is 13.5. The minimum absolute atomic E-state index is 0.167. The highest BCUT2D eigenvalue weighted by Gasteiger charge is 2.15. The highest BCUT2D eigenvalue weighted by Crippen LogP contribution is 2.15. The van der Waals surface area contributed by atoms with Gasteiger partial charge in [-0.15, -0.1) is 0 Å². The summed E-state index contributed by atoms with van der Waals surface area (Å²) in [5, 5.41) is 2.69. The van der Waals surface area contributed by atoms with Crippen LogP contribution < -0.4 is 10.1 Å². The molecule has 2 aromatic carbocycles. The molecule has 1 N–H and O–H groups in total. The lowest BCUT2D eigenvalue weighted by atomic mass is 10.2. The van der Waals surface area contributed by atoms with Crippen LogP contribution in [0, 0.1) is 5.82 Å². The lowest BCUT2D eigenvalue weighted by Crippen LogP contribution is -2.32. The predicted octanol–water partition coefficient (Wildman–Crippen LogP) is 2.83. The van der Waals surface area contributed by atoms with Crippen LogP contribution in [0.3, 0.4) is 0 Å². The van der Waals surface area contributed by atoms with Gasteiger partial charge in [-0.05, 0) is 30.3 Å². The van der Waals surface area contributed by atoms with Gasteiger partial charge in [-0.3, -0.25) is 4.79 Å². The van der Waals surface area contributed by atoms with E-state index < -0.39 is 24.3 Å². The average Bonchev–Trinajstić information content (AvgIpc) is 2.57. The van der Waals surface area contributed by atoms with Crippen molar-refractivity contribution >= 4 is 23.5 Å². The molecule has 0 fully saturated rings. The molecule has 0 aliphatic rings. The van der Waals surface area contributed by atoms with Crippen molar-refractivity contribution in [2.24, 2.45) is 0 Å². The molecular weight excluding hydrogens is 337 g/mol. The van der Waals surface area contributed by atoms with Crippen molar-refractivity contribution in [1.29, 1.82) is 0 Å². The van der Waals surface area contributed by atoms with Crippen LogP contribution in [0.2, 0.25) is 5.02 Å². The zero-order chi connectivity index (χ0) is 17.4. The Bertz CT molecular complexity index is 709. The number of benzene rings is 2. The molecule has 0 saturated heterocycles. The van der Waals surface area contributed by atoms with Crippen molar-refractivity contribution in [3.8, 4) is 5.75 Å². The molecule has 1 amide bonds. The summed E-state index contributed by atoms with van der Waals surface area (Å²) in [4.78, 5) is 23.3. The van der Waals surface area contributed by atoms with Crippen molar-refractivity contribution in [1.82, 2.24) is 5.32 Å². The fourth-order valence-corrected chi connectivity index (χ4v) is 1.95. The van der Waals surface area contributed by atoms with E-state index in [4.69, 9.17) is 21.1 Å². The first-order valence-electron chi connectivity index (χ1n) is 7.13. The SMILES string of the molecule is O=C(COC(=O)c1ccc(Cl)cc1F)NCCOc1ccccc1. The molecule has 0 aliphatic carbocycles. The Morgan fingerprint density at radius 1 is 1.12 bits per heavy atom. The largest absolute Gasteiger partial charge is 0.492 e. The first kappa shape index (κ1) is 17.7. The van der Waals surface area contributed by atoms with Crippen LogP contribution in [0.25, 0.3) is 0 Å². The minimum atomic E-state index is -0.931. The second-order valence-electron chi connectivity index (χ2n) is 4.71. The Morgan fingerprint density at radius 3 is 2.58 bits per heavy atom. The number of nitrogens with one attached hydrogen (secondary N) is 1. The van der Waals surface area contributed by atoms with Crippen LogP contribution in [-0.4, -0.2) is 31.6 Å². The molecule has 126 valence electrons. The van der Waals surface area contributed by atoms with Gasteiger partial charge in [-0.1, -0.05) is 29.8 Å². The van der Waals surface area contributed by atoms with Crippen LogP contribution in [0.1, 0.15) is 10.4 Å². The van der Waals surface area contributed by atoms with E-state index in [1.54, 1.807) is 12.1 Å². The third kappa shape index (κ3) is 5.55. The van der Waals surface area contributed by atoms with Crippen LogP contribution >= 0.6 is 11.6 Å². The Balaban J connectivity index is 1.68. The van der Waals surface area contributed by atoms with Gasteiger partial charge in [0.25, 0.3) is 5.91 Å². The number of ether oxygens (including phenoxy) is 2. The summed E-state index contributed by atoms with van der Waals surface area (Å²) in [7, 11) is 0. The zero-order valence-electron chi connectivity index (χ0n) is 12.6. The summed E-state index contributed by atoms with van der Waals surface area (Å²) in [6.07, 6.45) is 0. The minimum Gasteiger partial charge on any atom is -0.492 e. The van der Waals surface area contributed by atoms with Crippen molar-refractivity contribution in [2.75, 3.05) is 19.8 Å². The summed E-state index contributed by atoms with van der Waals surface area (Å²) in [6.45, 7) is 0.0162. The van der Waals surface area contributed by atoms with E-state index in [-0.39, 0.29) is 23.7 Å². The topological polar surface area (TPSA) is 64.6 Å². The van der Waals surface area contributed by atoms with Gasteiger partial charge in [0.15, 0.2) is 6.61 Å². The monoisotopic (exact) mass is 351 g/mol. The number of carbonyl (C=O) groups excluding carboxylic acids is 2. The number of carbonyl (C=O) groups is 2. The number of amides is 1. The number of para-hydroxylation sites is 1. The predicted molar refractivity (Wildman–Crippen MR) is 86.6 cm³/mol. The second-order valence-corrected chi connectivity index (χ2v) is 5.15. The molecule has 0 unspecified atom stereocenters. The number of halogens is 2. The molecule has 0 bridgehead atoms. The number of rotatable bonds is 7. The van der Waals surface area contributed by atoms with Crippen molar-refractivity contribution in [3.63, 3.8) is 0 Å². The molecule has 0 spiro atoms. The summed E-state index contributed by atoms with van der Waals surface area (Å²) < 4.78 is 23.7. The van der Waals surface area contributed by atoms with Gasteiger partial charge in [0, 0.05) is 5.02 Å². The van der Waals surface area contributed by atoms with Crippen LogP contribution in [-0.2, 0) is 9.53 Å². The highest BCUT2D eigenvalue weighted by molar-refractivity contribution is 6.30. The normalized spacial score (nSPS) is 10.1. The molecule has 0 atom stereocenters. The fraction of sp³-hybridized carbons (Fsp3) is 0.176. The van der Waals surface area contributed by atoms with Gasteiger partial charge in [0.05, 0.1) is 12.1 Å². The van der Waals surface area contributed by atoms with E-state index in [0.29, 0.717) is 5.75 Å². The molecule has 0 saturated carbocycles. The molecule has 0 aromatic heterocycles. The first-order chi connectivity index (χ1) is 11.6. The van der Waals surface area contributed by atoms with Gasteiger partial charge in [-0.25, -0.2) is 9.18 Å². The van der Waals surface area contributed by atoms with Gasteiger partial charge < -0.3 is 14.8 Å². The molecule has 24 heavy (non-hydrogen) atoms. The Kier molecular flexibility index (Phi) is 6.57. The molecule has 2 aromatic rings. The van der Waals surface area contributed by atoms with E-state index >= 15 is 0 Å². The third-order valence-corrected chi connectivity index (χ3v) is 3.16. The lowest BCUT2D eigenvalue weighted by molar-refractivity contribution is -0.124. The van der Waals surface area contributed by atoms with E-state index in [1.807, 2.05) is 18.2 Å². The highest BCUT2D eigenvalue weighted by atomic mass is 35.5. The second kappa shape index (κ2) is 8.88. The van der Waals surface area contributed by atoms with Crippen LogP contribution in [0.4, 0.5) is 4.39 Å². The van der Waals surface area contributed by atoms with Gasteiger partial charge in [0.1, 0.15) is 18.2 Å². The average molecular weight is 352 g/mol. The summed E-state index contributed by atoms with van der Waals surface area (Å²) in [5.41, 5.74) is -0.278. The smallest absolute Gasteiger partial charge is 0.341 e. The van der Waals surface area contributed by atoms with Gasteiger partial charge in [-0.2, -0.15) is 0 Å². The van der Waals surface area contributed by atoms with E-state index in [9.17, 15) is 14.0 Å². The summed E-state index contributed by atoms with van der Waals surface area (Å²) in [6, 6.07) is 12.7. The summed E-state index contributed by atoms with van der Waals surface area (Å²) >= 11 is 5.60. The third-order valence-electron chi connectivity index (χ3n) is 2.92. The Morgan fingerprint density at radius 2 is 1.88 bits per heavy atom. The van der Waals surface area contributed by atoms with Crippen LogP contribution in [0.5, 0.6) is 5.75 Å². The standard InChI is InChI=1S/C17H15ClFNO4/c18-12-6-7-14(15(19)10-12)17(22)24-11-16(21)20-8-9-23-13-4-2-1-3-5-13/h1-7,10H,8-9,11H2,(H,20,21). The Hall–Kier alpha value is -2.60. The van der Waals surface area contributed by atoms with Crippen molar-refractivity contribution < 1.29 is 23.5 Å². The van der Waals surface area contributed by atoms with Crippen molar-refractivity contribution in [2.45, 2.75) is 0 Å². The Labute approximate surface area is 143 Å². The van der Waals surface area contributed by atoms with Gasteiger partial charge in [0.2, 0.25) is 0 Å². The maximum Gasteiger partial charge on any atom is 0.341 e. The van der Waals surface area contributed by atoms with E-state index in [2.05, 4.69) is 5.32 Å². The number of esters is 1. The number of hydrogen-bond donors (Lipinski definition) is 1. The van der Waals surface area contributed by atoms with E-state index in [1.165, 1.54) is 12.1 Å². The van der Waals surface area contributed by atoms with Crippen molar-refractivity contribution in [3.05, 3.63) is 64.9 Å². The molecule has 0 aliphatic heterocycles. The molecular formula is C17H15ClFNO4. The van der Waals surface area contributed by atoms with Crippen LogP contribution in [0.15, 0.2) is 48.5 Å². The molecule has 5 nitrogen and oxygen atoms in total. The molecule has 0 radical (unpaired) electrons. The fourth-order valence-electron chi connectivity index (χ4n) is 1.79. The lowest BCUT2D eigenvalue weighted by Gasteiger charge is -2.08. The molecule has 2 rings (SSSR count). The summed E-state index contributed by atoms with van der Waals surface area (Å²) in [5.74, 6) is -1.55. The van der Waals surface area contributed by atoms with Gasteiger partial charge >= 0.3 is 5.97 Å². The first-order valence-corrected chi connectivity index (χ1v) is 7.51. The maximum atomic E-state index is 13.5. The zero-order valence-corrected chi connectivity index (χ0v) is 13.4. The quantitative estimate of drug-likeness (QED) is 0.615.